The summed E-state index contributed by atoms with van der Waals surface area (Å²) in [7, 11) is 1.74. The zero-order chi connectivity index (χ0) is 9.42. The van der Waals surface area contributed by atoms with Crippen LogP contribution in [0.5, 0.6) is 0 Å². The zero-order valence-electron chi connectivity index (χ0n) is 7.37. The van der Waals surface area contributed by atoms with Crippen molar-refractivity contribution in [3.05, 3.63) is 34.2 Å². The minimum Gasteiger partial charge on any atom is -0.326 e. The van der Waals surface area contributed by atoms with E-state index in [9.17, 15) is 4.79 Å². The molecule has 0 aliphatic heterocycles. The van der Waals surface area contributed by atoms with Gasteiger partial charge in [0.25, 0.3) is 0 Å². The van der Waals surface area contributed by atoms with Crippen LogP contribution in [0.2, 0.25) is 0 Å². The number of para-hydroxylation sites is 1. The lowest BCUT2D eigenvalue weighted by Crippen LogP contribution is -2.12. The predicted octanol–water partition coefficient (Wildman–Crippen LogP) is 0.325. The Morgan fingerprint density at radius 2 is 2.31 bits per heavy atom. The molecule has 0 amide bonds. The van der Waals surface area contributed by atoms with E-state index in [2.05, 4.69) is 4.98 Å². The summed E-state index contributed by atoms with van der Waals surface area (Å²) < 4.78 is 1.58. The Morgan fingerprint density at radius 3 is 3.00 bits per heavy atom. The zero-order valence-corrected chi connectivity index (χ0v) is 7.37. The number of H-pyrrole nitrogens is 1. The van der Waals surface area contributed by atoms with Crippen LogP contribution in [0.15, 0.2) is 23.0 Å². The van der Waals surface area contributed by atoms with Gasteiger partial charge >= 0.3 is 5.69 Å². The molecule has 1 aromatic carbocycles. The molecule has 0 atom stereocenters. The Hall–Kier alpha value is -1.55. The second-order valence-electron chi connectivity index (χ2n) is 3.01. The molecule has 0 unspecified atom stereocenters. The topological polar surface area (TPSA) is 63.8 Å². The number of hydrogen-bond donors (Lipinski definition) is 2. The van der Waals surface area contributed by atoms with Gasteiger partial charge in [-0.05, 0) is 11.6 Å². The third-order valence-corrected chi connectivity index (χ3v) is 2.22. The van der Waals surface area contributed by atoms with E-state index in [0.717, 1.165) is 16.6 Å². The third kappa shape index (κ3) is 1.07. The van der Waals surface area contributed by atoms with Gasteiger partial charge < -0.3 is 10.7 Å². The largest absolute Gasteiger partial charge is 0.326 e. The standard InChI is InChI=1S/C9H11N3O/c1-12-8-6(5-10)3-2-4-7(8)11-9(12)13/h2-4H,5,10H2,1H3,(H,11,13). The quantitative estimate of drug-likeness (QED) is 0.659. The number of nitrogens with two attached hydrogens (primary N) is 1. The van der Waals surface area contributed by atoms with Gasteiger partial charge in [0.1, 0.15) is 0 Å². The van der Waals surface area contributed by atoms with Gasteiger partial charge in [-0.25, -0.2) is 4.79 Å². The molecule has 2 rings (SSSR count). The number of imidazole rings is 1. The molecule has 0 spiro atoms. The second kappa shape index (κ2) is 2.74. The first-order valence-electron chi connectivity index (χ1n) is 4.10. The van der Waals surface area contributed by atoms with Crippen LogP contribution in [-0.2, 0) is 13.6 Å². The number of aryl methyl sites for hydroxylation is 1. The summed E-state index contributed by atoms with van der Waals surface area (Å²) >= 11 is 0. The molecule has 0 saturated heterocycles. The van der Waals surface area contributed by atoms with Gasteiger partial charge in [-0.2, -0.15) is 0 Å². The molecule has 0 aliphatic carbocycles. The van der Waals surface area contributed by atoms with Gasteiger partial charge in [0, 0.05) is 13.6 Å². The Bertz CT molecular complexity index is 495. The highest BCUT2D eigenvalue weighted by Gasteiger charge is 2.05. The number of nitrogens with zero attached hydrogens (tertiary/aromatic N) is 1. The molecular weight excluding hydrogens is 166 g/mol. The summed E-state index contributed by atoms with van der Waals surface area (Å²) in [6, 6.07) is 5.69. The van der Waals surface area contributed by atoms with Crippen LogP contribution in [-0.4, -0.2) is 9.55 Å². The van der Waals surface area contributed by atoms with Gasteiger partial charge in [-0.15, -0.1) is 0 Å². The lowest BCUT2D eigenvalue weighted by atomic mass is 10.2. The number of nitrogens with one attached hydrogen (secondary N) is 1. The number of aromatic amines is 1. The number of benzene rings is 1. The maximum absolute atomic E-state index is 11.3. The van der Waals surface area contributed by atoms with Crippen molar-refractivity contribution in [2.45, 2.75) is 6.54 Å². The van der Waals surface area contributed by atoms with Crippen molar-refractivity contribution in [3.63, 3.8) is 0 Å². The van der Waals surface area contributed by atoms with Gasteiger partial charge in [0.15, 0.2) is 0 Å². The molecule has 0 aliphatic rings. The number of aromatic nitrogens is 2. The van der Waals surface area contributed by atoms with Crippen LogP contribution >= 0.6 is 0 Å². The van der Waals surface area contributed by atoms with Gasteiger partial charge in [-0.1, -0.05) is 12.1 Å². The lowest BCUT2D eigenvalue weighted by Gasteiger charge is -2.00. The third-order valence-electron chi connectivity index (χ3n) is 2.22. The molecule has 1 heterocycles. The summed E-state index contributed by atoms with van der Waals surface area (Å²) in [4.78, 5) is 14.0. The molecule has 1 aromatic heterocycles. The first-order chi connectivity index (χ1) is 6.24. The Kier molecular flexibility index (Phi) is 1.70. The average molecular weight is 177 g/mol. The van der Waals surface area contributed by atoms with Crippen molar-refractivity contribution in [3.8, 4) is 0 Å². The maximum Gasteiger partial charge on any atom is 0.326 e. The summed E-state index contributed by atoms with van der Waals surface area (Å²) in [6.45, 7) is 0.447. The van der Waals surface area contributed by atoms with Crippen molar-refractivity contribution >= 4 is 11.0 Å². The molecular formula is C9H11N3O. The van der Waals surface area contributed by atoms with Crippen LogP contribution < -0.4 is 11.4 Å². The average Bonchev–Trinajstić information content (AvgIpc) is 2.43. The van der Waals surface area contributed by atoms with Crippen LogP contribution in [0.4, 0.5) is 0 Å². The first-order valence-corrected chi connectivity index (χ1v) is 4.10. The van der Waals surface area contributed by atoms with E-state index in [1.54, 1.807) is 11.6 Å². The molecule has 0 saturated carbocycles. The molecule has 0 bridgehead atoms. The summed E-state index contributed by atoms with van der Waals surface area (Å²) in [5, 5.41) is 0. The molecule has 68 valence electrons. The van der Waals surface area contributed by atoms with Gasteiger partial charge in [-0.3, -0.25) is 4.57 Å². The van der Waals surface area contributed by atoms with E-state index < -0.39 is 0 Å². The molecule has 4 nitrogen and oxygen atoms in total. The molecule has 13 heavy (non-hydrogen) atoms. The Morgan fingerprint density at radius 1 is 1.54 bits per heavy atom. The second-order valence-corrected chi connectivity index (χ2v) is 3.01. The molecule has 4 heteroatoms. The first kappa shape index (κ1) is 8.07. The van der Waals surface area contributed by atoms with Crippen LogP contribution in [0, 0.1) is 0 Å². The molecule has 0 fully saturated rings. The minimum absolute atomic E-state index is 0.101. The van der Waals surface area contributed by atoms with Gasteiger partial charge in [0.2, 0.25) is 0 Å². The van der Waals surface area contributed by atoms with E-state index in [1.165, 1.54) is 0 Å². The molecule has 0 radical (unpaired) electrons. The smallest absolute Gasteiger partial charge is 0.326 e. The highest BCUT2D eigenvalue weighted by atomic mass is 16.1. The van der Waals surface area contributed by atoms with Crippen LogP contribution in [0.1, 0.15) is 5.56 Å². The van der Waals surface area contributed by atoms with Crippen molar-refractivity contribution in [1.82, 2.24) is 9.55 Å². The summed E-state index contributed by atoms with van der Waals surface area (Å²) in [5.74, 6) is 0. The Balaban J connectivity index is 2.95. The van der Waals surface area contributed by atoms with Crippen molar-refractivity contribution in [2.75, 3.05) is 0 Å². The highest BCUT2D eigenvalue weighted by Crippen LogP contribution is 2.13. The normalized spacial score (nSPS) is 10.9. The fourth-order valence-corrected chi connectivity index (χ4v) is 1.55. The van der Waals surface area contributed by atoms with E-state index in [4.69, 9.17) is 5.73 Å². The summed E-state index contributed by atoms with van der Waals surface area (Å²) in [6.07, 6.45) is 0. The number of fused-ring (bicyclic) bond motifs is 1. The van der Waals surface area contributed by atoms with Crippen molar-refractivity contribution in [1.29, 1.82) is 0 Å². The number of hydrogen-bond acceptors (Lipinski definition) is 2. The van der Waals surface area contributed by atoms with Crippen LogP contribution in [0.25, 0.3) is 11.0 Å². The monoisotopic (exact) mass is 177 g/mol. The van der Waals surface area contributed by atoms with Crippen molar-refractivity contribution in [2.24, 2.45) is 12.8 Å². The van der Waals surface area contributed by atoms with E-state index in [0.29, 0.717) is 6.54 Å². The SMILES string of the molecule is Cn1c(=O)[nH]c2cccc(CN)c21. The molecule has 3 N–H and O–H groups in total. The fourth-order valence-electron chi connectivity index (χ4n) is 1.55. The number of rotatable bonds is 1. The van der Waals surface area contributed by atoms with Gasteiger partial charge in [0.05, 0.1) is 11.0 Å². The lowest BCUT2D eigenvalue weighted by molar-refractivity contribution is 0.882. The van der Waals surface area contributed by atoms with E-state index >= 15 is 0 Å². The molecule has 2 aromatic rings. The minimum atomic E-state index is -0.101. The highest BCUT2D eigenvalue weighted by molar-refractivity contribution is 5.78. The van der Waals surface area contributed by atoms with E-state index in [1.807, 2.05) is 18.2 Å². The summed E-state index contributed by atoms with van der Waals surface area (Å²) in [5.41, 5.74) is 8.19. The maximum atomic E-state index is 11.3. The fraction of sp³-hybridized carbons (Fsp3) is 0.222. The predicted molar refractivity (Wildman–Crippen MR) is 51.4 cm³/mol. The van der Waals surface area contributed by atoms with E-state index in [-0.39, 0.29) is 5.69 Å². The Labute approximate surface area is 75.0 Å². The van der Waals surface area contributed by atoms with Crippen LogP contribution in [0.3, 0.4) is 0 Å². The van der Waals surface area contributed by atoms with Crippen molar-refractivity contribution < 1.29 is 0 Å².